The van der Waals surface area contributed by atoms with Gasteiger partial charge in [-0.05, 0) is 30.4 Å². The number of sulfonamides is 1. The van der Waals surface area contributed by atoms with E-state index in [0.29, 0.717) is 12.5 Å². The summed E-state index contributed by atoms with van der Waals surface area (Å²) in [6.45, 7) is 0.312. The SMILES string of the molecule is NC(CNS(=O)(=O)/C=C/c1ccccc1)C1CC1. The molecule has 1 unspecified atom stereocenters. The van der Waals surface area contributed by atoms with Gasteiger partial charge < -0.3 is 5.73 Å². The molecule has 0 bridgehead atoms. The molecule has 4 nitrogen and oxygen atoms in total. The Morgan fingerprint density at radius 2 is 2.00 bits per heavy atom. The Morgan fingerprint density at radius 1 is 1.33 bits per heavy atom. The van der Waals surface area contributed by atoms with Crippen LogP contribution in [0.15, 0.2) is 35.7 Å². The summed E-state index contributed by atoms with van der Waals surface area (Å²) in [4.78, 5) is 0. The second kappa shape index (κ2) is 5.65. The predicted molar refractivity (Wildman–Crippen MR) is 73.1 cm³/mol. The molecular weight excluding hydrogens is 248 g/mol. The third kappa shape index (κ3) is 4.25. The van der Waals surface area contributed by atoms with Crippen LogP contribution in [0.3, 0.4) is 0 Å². The van der Waals surface area contributed by atoms with Crippen LogP contribution in [0.5, 0.6) is 0 Å². The quantitative estimate of drug-likeness (QED) is 0.815. The van der Waals surface area contributed by atoms with E-state index in [2.05, 4.69) is 4.72 Å². The first-order valence-corrected chi connectivity index (χ1v) is 7.60. The van der Waals surface area contributed by atoms with Gasteiger partial charge in [0, 0.05) is 18.0 Å². The van der Waals surface area contributed by atoms with E-state index in [-0.39, 0.29) is 6.04 Å². The van der Waals surface area contributed by atoms with Crippen molar-refractivity contribution in [2.75, 3.05) is 6.54 Å². The van der Waals surface area contributed by atoms with Crippen molar-refractivity contribution in [3.63, 3.8) is 0 Å². The lowest BCUT2D eigenvalue weighted by atomic mass is 10.2. The Kier molecular flexibility index (Phi) is 4.16. The fraction of sp³-hybridized carbons (Fsp3) is 0.385. The summed E-state index contributed by atoms with van der Waals surface area (Å²) < 4.78 is 25.9. The molecule has 0 aromatic heterocycles. The molecule has 1 aromatic carbocycles. The largest absolute Gasteiger partial charge is 0.326 e. The highest BCUT2D eigenvalue weighted by Crippen LogP contribution is 2.31. The standard InChI is InChI=1S/C13H18N2O2S/c14-13(12-6-7-12)10-15-18(16,17)9-8-11-4-2-1-3-5-11/h1-5,8-9,12-13,15H,6-7,10,14H2/b9-8+. The lowest BCUT2D eigenvalue weighted by Gasteiger charge is -2.09. The molecule has 1 atom stereocenters. The van der Waals surface area contributed by atoms with Gasteiger partial charge in [-0.1, -0.05) is 30.3 Å². The third-order valence-electron chi connectivity index (χ3n) is 2.99. The zero-order chi connectivity index (χ0) is 13.0. The van der Waals surface area contributed by atoms with Crippen molar-refractivity contribution in [1.29, 1.82) is 0 Å². The maximum atomic E-state index is 11.7. The van der Waals surface area contributed by atoms with Gasteiger partial charge >= 0.3 is 0 Å². The molecule has 0 amide bonds. The van der Waals surface area contributed by atoms with E-state index < -0.39 is 10.0 Å². The first kappa shape index (κ1) is 13.3. The molecule has 0 heterocycles. The van der Waals surface area contributed by atoms with Crippen LogP contribution in [-0.4, -0.2) is 21.0 Å². The van der Waals surface area contributed by atoms with Crippen LogP contribution in [-0.2, 0) is 10.0 Å². The summed E-state index contributed by atoms with van der Waals surface area (Å²) in [6.07, 6.45) is 3.80. The van der Waals surface area contributed by atoms with Crippen LogP contribution in [0, 0.1) is 5.92 Å². The van der Waals surface area contributed by atoms with Crippen molar-refractivity contribution in [2.24, 2.45) is 11.7 Å². The molecule has 3 N–H and O–H groups in total. The molecule has 2 rings (SSSR count). The van der Waals surface area contributed by atoms with Crippen LogP contribution < -0.4 is 10.5 Å². The van der Waals surface area contributed by atoms with Gasteiger partial charge in [-0.25, -0.2) is 13.1 Å². The van der Waals surface area contributed by atoms with E-state index in [1.165, 1.54) is 5.41 Å². The number of hydrogen-bond acceptors (Lipinski definition) is 3. The fourth-order valence-electron chi connectivity index (χ4n) is 1.68. The van der Waals surface area contributed by atoms with Crippen LogP contribution in [0.4, 0.5) is 0 Å². The summed E-state index contributed by atoms with van der Waals surface area (Å²) in [5, 5.41) is 1.18. The van der Waals surface area contributed by atoms with Gasteiger partial charge in [-0.15, -0.1) is 0 Å². The minimum Gasteiger partial charge on any atom is -0.326 e. The van der Waals surface area contributed by atoms with Crippen molar-refractivity contribution in [3.05, 3.63) is 41.3 Å². The van der Waals surface area contributed by atoms with Crippen LogP contribution >= 0.6 is 0 Å². The average Bonchev–Trinajstić information content (AvgIpc) is 3.19. The van der Waals surface area contributed by atoms with Gasteiger partial charge in [-0.3, -0.25) is 0 Å². The summed E-state index contributed by atoms with van der Waals surface area (Å²) in [7, 11) is -3.39. The van der Waals surface area contributed by atoms with E-state index in [9.17, 15) is 8.42 Å². The van der Waals surface area contributed by atoms with E-state index in [1.807, 2.05) is 30.3 Å². The minimum absolute atomic E-state index is 0.0649. The van der Waals surface area contributed by atoms with Gasteiger partial charge in [0.1, 0.15) is 0 Å². The third-order valence-corrected chi connectivity index (χ3v) is 4.05. The number of nitrogens with two attached hydrogens (primary N) is 1. The first-order chi connectivity index (χ1) is 8.57. The zero-order valence-electron chi connectivity index (χ0n) is 10.1. The zero-order valence-corrected chi connectivity index (χ0v) is 10.9. The minimum atomic E-state index is -3.39. The summed E-state index contributed by atoms with van der Waals surface area (Å²) in [6, 6.07) is 9.25. The van der Waals surface area contributed by atoms with Crippen LogP contribution in [0.1, 0.15) is 18.4 Å². The molecule has 1 fully saturated rings. The van der Waals surface area contributed by atoms with Crippen molar-refractivity contribution in [1.82, 2.24) is 4.72 Å². The molecule has 1 aliphatic carbocycles. The molecule has 1 aromatic rings. The second-order valence-electron chi connectivity index (χ2n) is 4.61. The topological polar surface area (TPSA) is 72.2 Å². The van der Waals surface area contributed by atoms with Gasteiger partial charge in [0.2, 0.25) is 10.0 Å². The Morgan fingerprint density at radius 3 is 2.61 bits per heavy atom. The summed E-state index contributed by atoms with van der Waals surface area (Å²) in [5.41, 5.74) is 6.70. The van der Waals surface area contributed by atoms with E-state index in [1.54, 1.807) is 6.08 Å². The molecule has 1 aliphatic rings. The molecule has 0 radical (unpaired) electrons. The maximum Gasteiger partial charge on any atom is 0.233 e. The number of nitrogens with one attached hydrogen (secondary N) is 1. The Hall–Kier alpha value is -1.17. The van der Waals surface area contributed by atoms with Gasteiger partial charge in [0.05, 0.1) is 0 Å². The lowest BCUT2D eigenvalue weighted by Crippen LogP contribution is -2.37. The number of hydrogen-bond donors (Lipinski definition) is 2. The van der Waals surface area contributed by atoms with Gasteiger partial charge in [0.15, 0.2) is 0 Å². The van der Waals surface area contributed by atoms with Crippen molar-refractivity contribution >= 4 is 16.1 Å². The molecule has 0 saturated heterocycles. The van der Waals surface area contributed by atoms with Crippen molar-refractivity contribution < 1.29 is 8.42 Å². The highest BCUT2D eigenvalue weighted by molar-refractivity contribution is 7.92. The predicted octanol–water partition coefficient (Wildman–Crippen LogP) is 1.31. The van der Waals surface area contributed by atoms with Crippen LogP contribution in [0.25, 0.3) is 6.08 Å². The molecular formula is C13H18N2O2S. The molecule has 1 saturated carbocycles. The number of benzene rings is 1. The van der Waals surface area contributed by atoms with Crippen LogP contribution in [0.2, 0.25) is 0 Å². The van der Waals surface area contributed by atoms with E-state index in [0.717, 1.165) is 18.4 Å². The van der Waals surface area contributed by atoms with Gasteiger partial charge in [0.25, 0.3) is 0 Å². The Balaban J connectivity index is 1.88. The smallest absolute Gasteiger partial charge is 0.233 e. The molecule has 5 heteroatoms. The van der Waals surface area contributed by atoms with E-state index in [4.69, 9.17) is 5.73 Å². The molecule has 98 valence electrons. The monoisotopic (exact) mass is 266 g/mol. The van der Waals surface area contributed by atoms with Gasteiger partial charge in [-0.2, -0.15) is 0 Å². The number of rotatable bonds is 6. The Labute approximate surface area is 108 Å². The highest BCUT2D eigenvalue weighted by Gasteiger charge is 2.28. The molecule has 18 heavy (non-hydrogen) atoms. The normalized spacial score (nSPS) is 18.1. The lowest BCUT2D eigenvalue weighted by molar-refractivity contribution is 0.553. The molecule has 0 aliphatic heterocycles. The Bertz CT molecular complexity index is 507. The fourth-order valence-corrected chi connectivity index (χ4v) is 2.54. The van der Waals surface area contributed by atoms with Crippen molar-refractivity contribution in [2.45, 2.75) is 18.9 Å². The molecule has 0 spiro atoms. The van der Waals surface area contributed by atoms with Crippen molar-refractivity contribution in [3.8, 4) is 0 Å². The summed E-state index contributed by atoms with van der Waals surface area (Å²) >= 11 is 0. The average molecular weight is 266 g/mol. The highest BCUT2D eigenvalue weighted by atomic mass is 32.2. The second-order valence-corrected chi connectivity index (χ2v) is 6.26. The first-order valence-electron chi connectivity index (χ1n) is 6.05. The maximum absolute atomic E-state index is 11.7. The summed E-state index contributed by atoms with van der Waals surface area (Å²) in [5.74, 6) is 0.491. The van der Waals surface area contributed by atoms with E-state index >= 15 is 0 Å².